The Morgan fingerprint density at radius 2 is 1.92 bits per heavy atom. The molecule has 0 rings (SSSR count). The number of aliphatic carboxylic acids is 2. The zero-order valence-electron chi connectivity index (χ0n) is 7.78. The summed E-state index contributed by atoms with van der Waals surface area (Å²) in [5.41, 5.74) is -0.704. The van der Waals surface area contributed by atoms with Crippen molar-refractivity contribution < 1.29 is 19.8 Å². The molecule has 0 heterocycles. The fourth-order valence-corrected chi connectivity index (χ4v) is 0.985. The summed E-state index contributed by atoms with van der Waals surface area (Å²) < 4.78 is 0. The van der Waals surface area contributed by atoms with Gasteiger partial charge in [0.1, 0.15) is 0 Å². The van der Waals surface area contributed by atoms with Gasteiger partial charge in [0.2, 0.25) is 0 Å². The third kappa shape index (κ3) is 3.27. The molecular formula is C9H14O4. The van der Waals surface area contributed by atoms with Crippen LogP contribution in [0, 0.1) is 11.3 Å². The van der Waals surface area contributed by atoms with Crippen molar-refractivity contribution in [3.8, 4) is 0 Å². The van der Waals surface area contributed by atoms with Crippen LogP contribution in [0.5, 0.6) is 0 Å². The monoisotopic (exact) mass is 186 g/mol. The molecule has 0 spiro atoms. The van der Waals surface area contributed by atoms with Gasteiger partial charge in [0.15, 0.2) is 0 Å². The van der Waals surface area contributed by atoms with Gasteiger partial charge in [0.05, 0.1) is 12.3 Å². The number of carboxylic acids is 2. The van der Waals surface area contributed by atoms with Gasteiger partial charge in [0.25, 0.3) is 0 Å². The molecule has 0 aliphatic carbocycles. The van der Waals surface area contributed by atoms with E-state index in [-0.39, 0.29) is 6.42 Å². The average molecular weight is 186 g/mol. The molecular weight excluding hydrogens is 172 g/mol. The topological polar surface area (TPSA) is 74.6 Å². The Hall–Kier alpha value is -1.32. The highest BCUT2D eigenvalue weighted by Gasteiger charge is 2.34. The maximum Gasteiger partial charge on any atom is 0.307 e. The first kappa shape index (κ1) is 11.7. The molecule has 0 saturated heterocycles. The SMILES string of the molecule is C=CC(C)(C)C(CC(=O)O)C(=O)O. The van der Waals surface area contributed by atoms with E-state index in [0.29, 0.717) is 0 Å². The van der Waals surface area contributed by atoms with Crippen molar-refractivity contribution in [2.75, 3.05) is 0 Å². The van der Waals surface area contributed by atoms with Crippen LogP contribution in [0.15, 0.2) is 12.7 Å². The van der Waals surface area contributed by atoms with E-state index in [0.717, 1.165) is 0 Å². The first-order chi connectivity index (χ1) is 5.81. The lowest BCUT2D eigenvalue weighted by Gasteiger charge is -2.26. The van der Waals surface area contributed by atoms with E-state index < -0.39 is 23.3 Å². The highest BCUT2D eigenvalue weighted by atomic mass is 16.4. The Balaban J connectivity index is 4.70. The molecule has 0 aromatic carbocycles. The summed E-state index contributed by atoms with van der Waals surface area (Å²) in [4.78, 5) is 21.1. The Morgan fingerprint density at radius 1 is 1.46 bits per heavy atom. The van der Waals surface area contributed by atoms with Gasteiger partial charge in [-0.2, -0.15) is 0 Å². The number of allylic oxidation sites excluding steroid dienone is 1. The average Bonchev–Trinajstić information content (AvgIpc) is 1.99. The summed E-state index contributed by atoms with van der Waals surface area (Å²) in [6, 6.07) is 0. The van der Waals surface area contributed by atoms with Crippen LogP contribution < -0.4 is 0 Å². The summed E-state index contributed by atoms with van der Waals surface area (Å²) in [6.07, 6.45) is 1.09. The van der Waals surface area contributed by atoms with Crippen LogP contribution >= 0.6 is 0 Å². The van der Waals surface area contributed by atoms with E-state index in [1.54, 1.807) is 13.8 Å². The standard InChI is InChI=1S/C9H14O4/c1-4-9(2,3)6(8(12)13)5-7(10)11/h4,6H,1,5H2,2-3H3,(H,10,11)(H,12,13). The number of hydrogen-bond acceptors (Lipinski definition) is 2. The van der Waals surface area contributed by atoms with Crippen molar-refractivity contribution in [1.82, 2.24) is 0 Å². The second-order valence-corrected chi connectivity index (χ2v) is 3.51. The molecule has 0 fully saturated rings. The maximum atomic E-state index is 10.7. The minimum absolute atomic E-state index is 0.381. The molecule has 0 bridgehead atoms. The van der Waals surface area contributed by atoms with E-state index in [1.165, 1.54) is 6.08 Å². The minimum Gasteiger partial charge on any atom is -0.481 e. The van der Waals surface area contributed by atoms with Crippen LogP contribution in [0.3, 0.4) is 0 Å². The van der Waals surface area contributed by atoms with Crippen molar-refractivity contribution in [2.24, 2.45) is 11.3 Å². The molecule has 4 heteroatoms. The molecule has 0 saturated carbocycles. The maximum absolute atomic E-state index is 10.7. The van der Waals surface area contributed by atoms with Gasteiger partial charge in [-0.1, -0.05) is 19.9 Å². The van der Waals surface area contributed by atoms with Crippen LogP contribution in [0.1, 0.15) is 20.3 Å². The molecule has 0 aromatic rings. The molecule has 1 atom stereocenters. The second kappa shape index (κ2) is 4.07. The van der Waals surface area contributed by atoms with Crippen molar-refractivity contribution in [3.05, 3.63) is 12.7 Å². The molecule has 4 nitrogen and oxygen atoms in total. The van der Waals surface area contributed by atoms with Gasteiger partial charge < -0.3 is 10.2 Å². The lowest BCUT2D eigenvalue weighted by Crippen LogP contribution is -2.31. The third-order valence-electron chi connectivity index (χ3n) is 2.10. The Kier molecular flexibility index (Phi) is 3.66. The van der Waals surface area contributed by atoms with Crippen molar-refractivity contribution in [3.63, 3.8) is 0 Å². The number of rotatable bonds is 5. The predicted octanol–water partition coefficient (Wildman–Crippen LogP) is 1.37. The predicted molar refractivity (Wildman–Crippen MR) is 47.4 cm³/mol. The van der Waals surface area contributed by atoms with Gasteiger partial charge >= 0.3 is 11.9 Å². The molecule has 2 N–H and O–H groups in total. The lowest BCUT2D eigenvalue weighted by atomic mass is 9.77. The zero-order chi connectivity index (χ0) is 10.6. The summed E-state index contributed by atoms with van der Waals surface area (Å²) in [7, 11) is 0. The number of hydrogen-bond donors (Lipinski definition) is 2. The van der Waals surface area contributed by atoms with E-state index in [9.17, 15) is 9.59 Å². The Bertz CT molecular complexity index is 230. The van der Waals surface area contributed by atoms with Gasteiger partial charge in [-0.3, -0.25) is 9.59 Å². The fraction of sp³-hybridized carbons (Fsp3) is 0.556. The molecule has 74 valence electrons. The van der Waals surface area contributed by atoms with E-state index in [2.05, 4.69) is 6.58 Å². The summed E-state index contributed by atoms with van der Waals surface area (Å²) in [6.45, 7) is 6.80. The van der Waals surface area contributed by atoms with E-state index in [4.69, 9.17) is 10.2 Å². The quantitative estimate of drug-likeness (QED) is 0.636. The Labute approximate surface area is 76.9 Å². The van der Waals surface area contributed by atoms with Crippen LogP contribution in [0.25, 0.3) is 0 Å². The number of carbonyl (C=O) groups is 2. The van der Waals surface area contributed by atoms with Crippen LogP contribution in [-0.4, -0.2) is 22.2 Å². The first-order valence-corrected chi connectivity index (χ1v) is 3.89. The molecule has 1 unspecified atom stereocenters. The zero-order valence-corrected chi connectivity index (χ0v) is 7.78. The molecule has 0 aliphatic rings. The highest BCUT2D eigenvalue weighted by molar-refractivity contribution is 5.78. The third-order valence-corrected chi connectivity index (χ3v) is 2.10. The largest absolute Gasteiger partial charge is 0.481 e. The molecule has 13 heavy (non-hydrogen) atoms. The second-order valence-electron chi connectivity index (χ2n) is 3.51. The molecule has 0 amide bonds. The van der Waals surface area contributed by atoms with Crippen LogP contribution in [0.4, 0.5) is 0 Å². The number of carboxylic acid groups (broad SMARTS) is 2. The lowest BCUT2D eigenvalue weighted by molar-refractivity contribution is -0.151. The highest BCUT2D eigenvalue weighted by Crippen LogP contribution is 2.30. The molecule has 0 aliphatic heterocycles. The van der Waals surface area contributed by atoms with Gasteiger partial charge in [0, 0.05) is 0 Å². The van der Waals surface area contributed by atoms with E-state index >= 15 is 0 Å². The van der Waals surface area contributed by atoms with Gasteiger partial charge in [-0.25, -0.2) is 0 Å². The summed E-state index contributed by atoms with van der Waals surface area (Å²) in [5, 5.41) is 17.3. The summed E-state index contributed by atoms with van der Waals surface area (Å²) in [5.74, 6) is -3.14. The fourth-order valence-electron chi connectivity index (χ4n) is 0.985. The van der Waals surface area contributed by atoms with Crippen molar-refractivity contribution in [1.29, 1.82) is 0 Å². The summed E-state index contributed by atoms with van der Waals surface area (Å²) >= 11 is 0. The van der Waals surface area contributed by atoms with Crippen LogP contribution in [-0.2, 0) is 9.59 Å². The van der Waals surface area contributed by atoms with Crippen molar-refractivity contribution >= 4 is 11.9 Å². The minimum atomic E-state index is -1.11. The van der Waals surface area contributed by atoms with Crippen LogP contribution in [0.2, 0.25) is 0 Å². The molecule has 0 aromatic heterocycles. The van der Waals surface area contributed by atoms with E-state index in [1.807, 2.05) is 0 Å². The normalized spacial score (nSPS) is 13.4. The van der Waals surface area contributed by atoms with Gasteiger partial charge in [-0.05, 0) is 5.41 Å². The first-order valence-electron chi connectivity index (χ1n) is 3.89. The molecule has 0 radical (unpaired) electrons. The van der Waals surface area contributed by atoms with Crippen molar-refractivity contribution in [2.45, 2.75) is 20.3 Å². The Morgan fingerprint density at radius 3 is 2.15 bits per heavy atom. The van der Waals surface area contributed by atoms with Gasteiger partial charge in [-0.15, -0.1) is 6.58 Å². The smallest absolute Gasteiger partial charge is 0.307 e.